The normalized spacial score (nSPS) is 11.9. The summed E-state index contributed by atoms with van der Waals surface area (Å²) in [6.45, 7) is 10.0. The van der Waals surface area contributed by atoms with Gasteiger partial charge in [-0.1, -0.05) is 16.8 Å². The van der Waals surface area contributed by atoms with E-state index >= 15 is 0 Å². The molecule has 3 aromatic heterocycles. The van der Waals surface area contributed by atoms with Gasteiger partial charge in [0, 0.05) is 17.1 Å². The summed E-state index contributed by atoms with van der Waals surface area (Å²) in [6, 6.07) is 7.42. The minimum Gasteiger partial charge on any atom is -0.474 e. The van der Waals surface area contributed by atoms with Gasteiger partial charge in [0.15, 0.2) is 0 Å². The number of pyridine rings is 1. The van der Waals surface area contributed by atoms with E-state index in [1.165, 1.54) is 0 Å². The fourth-order valence-electron chi connectivity index (χ4n) is 3.43. The third-order valence-electron chi connectivity index (χ3n) is 5.10. The van der Waals surface area contributed by atoms with Crippen molar-refractivity contribution in [2.24, 2.45) is 5.41 Å². The van der Waals surface area contributed by atoms with E-state index in [9.17, 15) is 4.79 Å². The first-order chi connectivity index (χ1) is 16.2. The van der Waals surface area contributed by atoms with Gasteiger partial charge >= 0.3 is 5.97 Å². The van der Waals surface area contributed by atoms with Crippen molar-refractivity contribution in [2.45, 2.75) is 47.3 Å². The Morgan fingerprint density at radius 3 is 2.71 bits per heavy atom. The first-order valence-electron chi connectivity index (χ1n) is 11.0. The van der Waals surface area contributed by atoms with Crippen LogP contribution in [0.4, 0.5) is 0 Å². The summed E-state index contributed by atoms with van der Waals surface area (Å²) in [7, 11) is 0. The molecule has 0 saturated heterocycles. The lowest BCUT2D eigenvalue weighted by Gasteiger charge is -2.22. The lowest BCUT2D eigenvalue weighted by molar-refractivity contribution is -0.154. The second kappa shape index (κ2) is 9.42. The third kappa shape index (κ3) is 4.89. The molecule has 178 valence electrons. The second-order valence-corrected chi connectivity index (χ2v) is 9.19. The van der Waals surface area contributed by atoms with Crippen molar-refractivity contribution in [1.82, 2.24) is 24.9 Å². The Morgan fingerprint density at radius 1 is 1.21 bits per heavy atom. The lowest BCUT2D eigenvalue weighted by atomic mass is 9.94. The van der Waals surface area contributed by atoms with E-state index in [4.69, 9.17) is 25.6 Å². The molecule has 1 aromatic carbocycles. The molecule has 0 aliphatic heterocycles. The number of ether oxygens (including phenoxy) is 2. The number of carbonyl (C=O) groups is 1. The average Bonchev–Trinajstić information content (AvgIpc) is 3.42. The highest BCUT2D eigenvalue weighted by Gasteiger charge is 2.30. The number of halogens is 1. The van der Waals surface area contributed by atoms with Gasteiger partial charge in [-0.05, 0) is 58.9 Å². The van der Waals surface area contributed by atoms with Crippen molar-refractivity contribution >= 4 is 28.5 Å². The number of carbonyl (C=O) groups excluding carboxylic acids is 1. The summed E-state index contributed by atoms with van der Waals surface area (Å²) < 4.78 is 18.0. The van der Waals surface area contributed by atoms with Crippen molar-refractivity contribution in [3.05, 3.63) is 41.7 Å². The third-order valence-corrected chi connectivity index (χ3v) is 5.37. The van der Waals surface area contributed by atoms with Crippen LogP contribution in [0.1, 0.15) is 34.6 Å². The summed E-state index contributed by atoms with van der Waals surface area (Å²) in [4.78, 5) is 21.0. The molecule has 10 heteroatoms. The van der Waals surface area contributed by atoms with E-state index in [1.54, 1.807) is 30.1 Å². The van der Waals surface area contributed by atoms with E-state index in [0.29, 0.717) is 41.3 Å². The molecule has 0 N–H and O–H groups in total. The van der Waals surface area contributed by atoms with Crippen LogP contribution in [0.15, 0.2) is 41.2 Å². The van der Waals surface area contributed by atoms with Crippen LogP contribution < -0.4 is 4.74 Å². The zero-order valence-electron chi connectivity index (χ0n) is 19.7. The topological polar surface area (TPSA) is 105 Å². The van der Waals surface area contributed by atoms with Gasteiger partial charge in [-0.2, -0.15) is 10.1 Å². The van der Waals surface area contributed by atoms with Crippen LogP contribution in [-0.2, 0) is 16.1 Å². The van der Waals surface area contributed by atoms with Gasteiger partial charge in [0.25, 0.3) is 5.89 Å². The fourth-order valence-corrected chi connectivity index (χ4v) is 3.64. The molecule has 4 aromatic rings. The smallest absolute Gasteiger partial charge is 0.313 e. The number of benzene rings is 1. The fraction of sp³-hybridized carbons (Fsp3) is 0.375. The molecule has 4 rings (SSSR count). The molecule has 0 amide bonds. The van der Waals surface area contributed by atoms with E-state index < -0.39 is 5.41 Å². The Balaban J connectivity index is 1.57. The van der Waals surface area contributed by atoms with Crippen molar-refractivity contribution in [1.29, 1.82) is 0 Å². The minimum atomic E-state index is -0.707. The highest BCUT2D eigenvalue weighted by atomic mass is 35.5. The molecule has 0 atom stereocenters. The monoisotopic (exact) mass is 483 g/mol. The Hall–Kier alpha value is -3.46. The average molecular weight is 484 g/mol. The zero-order valence-corrected chi connectivity index (χ0v) is 20.5. The molecule has 0 fully saturated rings. The number of rotatable bonds is 8. The molecule has 3 heterocycles. The van der Waals surface area contributed by atoms with E-state index in [-0.39, 0.29) is 12.1 Å². The van der Waals surface area contributed by atoms with E-state index in [0.717, 1.165) is 16.5 Å². The van der Waals surface area contributed by atoms with Crippen LogP contribution in [0.5, 0.6) is 5.88 Å². The maximum atomic E-state index is 12.3. The molecule has 0 aliphatic rings. The van der Waals surface area contributed by atoms with Gasteiger partial charge < -0.3 is 14.0 Å². The van der Waals surface area contributed by atoms with Gasteiger partial charge in [0.05, 0.1) is 41.9 Å². The summed E-state index contributed by atoms with van der Waals surface area (Å²) in [5.41, 5.74) is 1.54. The number of nitrogens with zero attached hydrogens (tertiary/aromatic N) is 5. The molecule has 0 unspecified atom stereocenters. The quantitative estimate of drug-likeness (QED) is 0.316. The number of esters is 1. The summed E-state index contributed by atoms with van der Waals surface area (Å²) in [5.74, 6) is 0.823. The predicted molar refractivity (Wildman–Crippen MR) is 127 cm³/mol. The molecular formula is C24H26ClN5O4. The van der Waals surface area contributed by atoms with E-state index in [2.05, 4.69) is 20.2 Å². The molecule has 0 spiro atoms. The molecule has 0 radical (unpaired) electrons. The van der Waals surface area contributed by atoms with Crippen molar-refractivity contribution in [3.8, 4) is 28.7 Å². The van der Waals surface area contributed by atoms with Crippen molar-refractivity contribution in [3.63, 3.8) is 0 Å². The van der Waals surface area contributed by atoms with Gasteiger partial charge in [0.2, 0.25) is 11.7 Å². The maximum Gasteiger partial charge on any atom is 0.313 e. The van der Waals surface area contributed by atoms with E-state index in [1.807, 2.05) is 45.9 Å². The standard InChI is InChI=1S/C24H26ClN5O4/c1-6-32-23(31)24(4,5)13-30-19-8-7-15(9-16(19)12-27-30)20-28-21(34-29-20)17-10-18(25)22(26-11-17)33-14(2)3/h7-12,14H,6,13H2,1-5H3. The van der Waals surface area contributed by atoms with Crippen LogP contribution in [0, 0.1) is 5.41 Å². The highest BCUT2D eigenvalue weighted by molar-refractivity contribution is 6.32. The molecule has 34 heavy (non-hydrogen) atoms. The number of hydrogen-bond donors (Lipinski definition) is 0. The van der Waals surface area contributed by atoms with Crippen LogP contribution in [0.25, 0.3) is 33.7 Å². The highest BCUT2D eigenvalue weighted by Crippen LogP contribution is 2.30. The van der Waals surface area contributed by atoms with Crippen LogP contribution >= 0.6 is 11.6 Å². The zero-order chi connectivity index (χ0) is 24.5. The molecular weight excluding hydrogens is 458 g/mol. The lowest BCUT2D eigenvalue weighted by Crippen LogP contribution is -2.31. The maximum absolute atomic E-state index is 12.3. The molecule has 9 nitrogen and oxygen atoms in total. The molecule has 0 saturated carbocycles. The van der Waals surface area contributed by atoms with Crippen molar-refractivity contribution in [2.75, 3.05) is 6.61 Å². The SMILES string of the molecule is CCOC(=O)C(C)(C)Cn1ncc2cc(-c3noc(-c4cnc(OC(C)C)c(Cl)c4)n3)ccc21. The number of aromatic nitrogens is 5. The first-order valence-corrected chi connectivity index (χ1v) is 11.3. The number of hydrogen-bond acceptors (Lipinski definition) is 8. The van der Waals surface area contributed by atoms with Crippen LogP contribution in [-0.4, -0.2) is 43.6 Å². The van der Waals surface area contributed by atoms with Gasteiger partial charge in [-0.3, -0.25) is 9.48 Å². The summed E-state index contributed by atoms with van der Waals surface area (Å²) in [6.07, 6.45) is 3.29. The Labute approximate surface area is 202 Å². The van der Waals surface area contributed by atoms with Crippen LogP contribution in [0.2, 0.25) is 5.02 Å². The summed E-state index contributed by atoms with van der Waals surface area (Å²) >= 11 is 6.28. The second-order valence-electron chi connectivity index (χ2n) is 8.78. The molecule has 0 bridgehead atoms. The van der Waals surface area contributed by atoms with Gasteiger partial charge in [-0.15, -0.1) is 0 Å². The van der Waals surface area contributed by atoms with Crippen molar-refractivity contribution < 1.29 is 18.8 Å². The molecule has 0 aliphatic carbocycles. The predicted octanol–water partition coefficient (Wildman–Crippen LogP) is 5.18. The Bertz CT molecular complexity index is 1330. The summed E-state index contributed by atoms with van der Waals surface area (Å²) in [5, 5.41) is 9.82. The Kier molecular flexibility index (Phi) is 6.56. The Morgan fingerprint density at radius 2 is 2.00 bits per heavy atom. The largest absolute Gasteiger partial charge is 0.474 e. The number of fused-ring (bicyclic) bond motifs is 1. The van der Waals surface area contributed by atoms with Gasteiger partial charge in [-0.25, -0.2) is 4.98 Å². The first kappa shape index (κ1) is 23.7. The minimum absolute atomic E-state index is 0.0404. The van der Waals surface area contributed by atoms with Gasteiger partial charge in [0.1, 0.15) is 5.02 Å². The van der Waals surface area contributed by atoms with Crippen LogP contribution in [0.3, 0.4) is 0 Å².